The van der Waals surface area contributed by atoms with Gasteiger partial charge in [0.1, 0.15) is 18.1 Å². The lowest BCUT2D eigenvalue weighted by molar-refractivity contribution is -0.121. The third kappa shape index (κ3) is 5.05. The van der Waals surface area contributed by atoms with Crippen LogP contribution in [0.2, 0.25) is 10.0 Å². The predicted octanol–water partition coefficient (Wildman–Crippen LogP) is 6.99. The summed E-state index contributed by atoms with van der Waals surface area (Å²) in [4.78, 5) is 26.4. The second-order valence-electron chi connectivity index (χ2n) is 9.31. The van der Waals surface area contributed by atoms with E-state index >= 15 is 0 Å². The number of rotatable bonds is 7. The SMILES string of the molecule is CN(C)c1ccc(-c2cccc(-c3cccc(-c4ccc5c(c4)OCC(=O)N5C)c3Cl)c2Cl)cc1OCC=O. The van der Waals surface area contributed by atoms with E-state index in [4.69, 9.17) is 32.7 Å². The molecule has 0 N–H and O–H groups in total. The van der Waals surface area contributed by atoms with Gasteiger partial charge in [0.25, 0.3) is 5.91 Å². The molecule has 0 saturated heterocycles. The van der Waals surface area contributed by atoms with Crippen LogP contribution in [0.3, 0.4) is 0 Å². The van der Waals surface area contributed by atoms with Crippen molar-refractivity contribution in [2.24, 2.45) is 0 Å². The van der Waals surface area contributed by atoms with Gasteiger partial charge in [-0.2, -0.15) is 0 Å². The lowest BCUT2D eigenvalue weighted by atomic mass is 9.95. The zero-order chi connectivity index (χ0) is 27.7. The highest BCUT2D eigenvalue weighted by atomic mass is 35.5. The number of anilines is 2. The number of ether oxygens (including phenoxy) is 2. The van der Waals surface area contributed by atoms with Crippen molar-refractivity contribution in [1.82, 2.24) is 0 Å². The average molecular weight is 561 g/mol. The first kappa shape index (κ1) is 26.6. The Labute approximate surface area is 237 Å². The first-order valence-corrected chi connectivity index (χ1v) is 13.0. The molecule has 0 aromatic heterocycles. The number of aldehydes is 1. The molecule has 1 aliphatic heterocycles. The lowest BCUT2D eigenvalue weighted by Gasteiger charge is -2.26. The third-order valence-corrected chi connectivity index (χ3v) is 7.52. The summed E-state index contributed by atoms with van der Waals surface area (Å²) < 4.78 is 11.4. The highest BCUT2D eigenvalue weighted by Gasteiger charge is 2.23. The van der Waals surface area contributed by atoms with E-state index in [9.17, 15) is 9.59 Å². The van der Waals surface area contributed by atoms with Gasteiger partial charge in [0.05, 0.1) is 21.4 Å². The van der Waals surface area contributed by atoms with Gasteiger partial charge in [0.2, 0.25) is 0 Å². The number of fused-ring (bicyclic) bond motifs is 1. The molecule has 6 nitrogen and oxygen atoms in total. The largest absolute Gasteiger partial charge is 0.484 e. The standard InChI is InChI=1S/C31H26Cl2N2O4/c1-34(2)25-12-10-19(16-27(25)38-15-14-36)21-6-4-8-23(30(21)32)24-9-5-7-22(31(24)33)20-11-13-26-28(17-20)39-18-29(37)35(26)3/h4-14,16-17H,15,18H2,1-3H3. The Morgan fingerprint density at radius 3 is 2.10 bits per heavy atom. The van der Waals surface area contributed by atoms with E-state index in [1.165, 1.54) is 0 Å². The van der Waals surface area contributed by atoms with Crippen LogP contribution >= 0.6 is 23.2 Å². The molecule has 1 aliphatic rings. The summed E-state index contributed by atoms with van der Waals surface area (Å²) in [5, 5.41) is 1.10. The van der Waals surface area contributed by atoms with Crippen LogP contribution in [0, 0.1) is 0 Å². The van der Waals surface area contributed by atoms with Gasteiger partial charge in [0.15, 0.2) is 12.9 Å². The van der Waals surface area contributed by atoms with Crippen LogP contribution in [0.1, 0.15) is 0 Å². The Balaban J connectivity index is 1.56. The van der Waals surface area contributed by atoms with E-state index < -0.39 is 0 Å². The lowest BCUT2D eigenvalue weighted by Crippen LogP contribution is -2.35. The normalized spacial score (nSPS) is 12.5. The minimum absolute atomic E-state index is 0.000543. The Kier molecular flexibility index (Phi) is 7.51. The fourth-order valence-corrected chi connectivity index (χ4v) is 5.34. The summed E-state index contributed by atoms with van der Waals surface area (Å²) >= 11 is 14.0. The van der Waals surface area contributed by atoms with Crippen molar-refractivity contribution in [3.8, 4) is 44.9 Å². The summed E-state index contributed by atoms with van der Waals surface area (Å²) in [5.74, 6) is 1.13. The minimum Gasteiger partial charge on any atom is -0.484 e. The van der Waals surface area contributed by atoms with Gasteiger partial charge in [-0.3, -0.25) is 9.59 Å². The van der Waals surface area contributed by atoms with Crippen molar-refractivity contribution in [3.05, 3.63) is 82.8 Å². The zero-order valence-corrected chi connectivity index (χ0v) is 23.2. The molecule has 39 heavy (non-hydrogen) atoms. The molecule has 0 spiro atoms. The number of hydrogen-bond acceptors (Lipinski definition) is 5. The zero-order valence-electron chi connectivity index (χ0n) is 21.7. The first-order chi connectivity index (χ1) is 18.8. The molecule has 1 amide bonds. The number of nitrogens with zero attached hydrogens (tertiary/aromatic N) is 2. The number of benzene rings is 4. The molecule has 0 radical (unpaired) electrons. The molecule has 4 aromatic rings. The fourth-order valence-electron chi connectivity index (χ4n) is 4.66. The van der Waals surface area contributed by atoms with Crippen molar-refractivity contribution < 1.29 is 19.1 Å². The maximum atomic E-state index is 12.0. The second kappa shape index (κ2) is 11.0. The molecule has 0 aliphatic carbocycles. The van der Waals surface area contributed by atoms with Gasteiger partial charge in [-0.15, -0.1) is 0 Å². The molecule has 198 valence electrons. The number of carbonyl (C=O) groups excluding carboxylic acids is 2. The van der Waals surface area contributed by atoms with E-state index in [1.54, 1.807) is 11.9 Å². The minimum atomic E-state index is -0.0939. The van der Waals surface area contributed by atoms with Crippen molar-refractivity contribution in [2.45, 2.75) is 0 Å². The Hall–Kier alpha value is -4.00. The topological polar surface area (TPSA) is 59.1 Å². The number of halogens is 2. The van der Waals surface area contributed by atoms with Gasteiger partial charge in [0, 0.05) is 43.4 Å². The van der Waals surface area contributed by atoms with E-state index in [0.29, 0.717) is 21.5 Å². The van der Waals surface area contributed by atoms with Gasteiger partial charge in [-0.05, 0) is 35.4 Å². The second-order valence-corrected chi connectivity index (χ2v) is 10.1. The van der Waals surface area contributed by atoms with Crippen molar-refractivity contribution >= 4 is 46.8 Å². The van der Waals surface area contributed by atoms with Crippen LogP contribution in [0.25, 0.3) is 33.4 Å². The van der Waals surface area contributed by atoms with Gasteiger partial charge in [-0.25, -0.2) is 0 Å². The average Bonchev–Trinajstić information content (AvgIpc) is 2.94. The molecular weight excluding hydrogens is 535 g/mol. The molecule has 5 rings (SSSR count). The highest BCUT2D eigenvalue weighted by molar-refractivity contribution is 6.39. The molecule has 0 fully saturated rings. The quantitative estimate of drug-likeness (QED) is 0.228. The smallest absolute Gasteiger partial charge is 0.264 e. The maximum Gasteiger partial charge on any atom is 0.264 e. The number of likely N-dealkylation sites (N-methyl/N-ethyl adjacent to an activating group) is 1. The van der Waals surface area contributed by atoms with Crippen molar-refractivity contribution in [1.29, 1.82) is 0 Å². The number of carbonyl (C=O) groups is 2. The van der Waals surface area contributed by atoms with Crippen LogP contribution in [0.4, 0.5) is 11.4 Å². The number of hydrogen-bond donors (Lipinski definition) is 0. The molecule has 1 heterocycles. The van der Waals surface area contributed by atoms with E-state index in [1.807, 2.05) is 91.8 Å². The van der Waals surface area contributed by atoms with Crippen LogP contribution in [-0.4, -0.2) is 46.6 Å². The van der Waals surface area contributed by atoms with Crippen molar-refractivity contribution in [3.63, 3.8) is 0 Å². The third-order valence-electron chi connectivity index (χ3n) is 6.70. The van der Waals surface area contributed by atoms with Gasteiger partial charge < -0.3 is 19.3 Å². The van der Waals surface area contributed by atoms with Crippen LogP contribution in [0.15, 0.2) is 72.8 Å². The van der Waals surface area contributed by atoms with Crippen LogP contribution < -0.4 is 19.3 Å². The van der Waals surface area contributed by atoms with E-state index in [-0.39, 0.29) is 19.1 Å². The molecule has 0 atom stereocenters. The van der Waals surface area contributed by atoms with Gasteiger partial charge >= 0.3 is 0 Å². The van der Waals surface area contributed by atoms with Crippen molar-refractivity contribution in [2.75, 3.05) is 44.2 Å². The Bertz CT molecular complexity index is 1590. The molecule has 0 bridgehead atoms. The van der Waals surface area contributed by atoms with Crippen LogP contribution in [0.5, 0.6) is 11.5 Å². The predicted molar refractivity (Wildman–Crippen MR) is 158 cm³/mol. The maximum absolute atomic E-state index is 12.0. The summed E-state index contributed by atoms with van der Waals surface area (Å²) in [7, 11) is 5.56. The Morgan fingerprint density at radius 1 is 0.897 bits per heavy atom. The monoisotopic (exact) mass is 560 g/mol. The fraction of sp³-hybridized carbons (Fsp3) is 0.161. The Morgan fingerprint density at radius 2 is 1.49 bits per heavy atom. The first-order valence-electron chi connectivity index (χ1n) is 12.3. The van der Waals surface area contributed by atoms with E-state index in [0.717, 1.165) is 51.0 Å². The number of amides is 1. The van der Waals surface area contributed by atoms with E-state index in [2.05, 4.69) is 0 Å². The summed E-state index contributed by atoms with van der Waals surface area (Å²) in [6.45, 7) is -0.0403. The molecular formula is C31H26Cl2N2O4. The van der Waals surface area contributed by atoms with Crippen LogP contribution in [-0.2, 0) is 9.59 Å². The van der Waals surface area contributed by atoms with Gasteiger partial charge in [-0.1, -0.05) is 71.7 Å². The molecule has 0 unspecified atom stereocenters. The molecule has 4 aromatic carbocycles. The highest BCUT2D eigenvalue weighted by Crippen LogP contribution is 2.44. The summed E-state index contributed by atoms with van der Waals surface area (Å²) in [6.07, 6.45) is 0.723. The summed E-state index contributed by atoms with van der Waals surface area (Å²) in [5.41, 5.74) is 6.50. The summed E-state index contributed by atoms with van der Waals surface area (Å²) in [6, 6.07) is 23.1. The molecule has 8 heteroatoms. The molecule has 0 saturated carbocycles.